The molecule has 0 spiro atoms. The van der Waals surface area contributed by atoms with E-state index in [1.165, 1.54) is 0 Å². The van der Waals surface area contributed by atoms with Gasteiger partial charge in [-0.05, 0) is 0 Å². The van der Waals surface area contributed by atoms with Crippen LogP contribution in [0.1, 0.15) is 0 Å². The van der Waals surface area contributed by atoms with Crippen molar-refractivity contribution in [1.29, 1.82) is 0 Å². The number of halogens is 5. The molecule has 0 saturated heterocycles. The van der Waals surface area contributed by atoms with Gasteiger partial charge in [0, 0.05) is 6.07 Å². The van der Waals surface area contributed by atoms with Gasteiger partial charge in [-0.1, -0.05) is 11.6 Å². The fourth-order valence-corrected chi connectivity index (χ4v) is 0.884. The van der Waals surface area contributed by atoms with E-state index in [9.17, 15) is 17.6 Å². The lowest BCUT2D eigenvalue weighted by Gasteiger charge is -2.10. The number of aromatic nitrogens is 1. The van der Waals surface area contributed by atoms with Crippen molar-refractivity contribution >= 4 is 17.4 Å². The summed E-state index contributed by atoms with van der Waals surface area (Å²) >= 11 is 5.13. The van der Waals surface area contributed by atoms with Gasteiger partial charge in [-0.2, -0.15) is 4.39 Å². The fourth-order valence-electron chi connectivity index (χ4n) is 0.693. The number of nitrogens with two attached hydrogens (primary N) is 1. The molecule has 1 rings (SSSR count). The molecule has 0 aliphatic rings. The van der Waals surface area contributed by atoms with Gasteiger partial charge in [-0.3, -0.25) is 0 Å². The molecule has 0 amide bonds. The molecule has 0 aromatic carbocycles. The largest absolute Gasteiger partial charge is 0.573 e. The van der Waals surface area contributed by atoms with Crippen LogP contribution >= 0.6 is 11.6 Å². The van der Waals surface area contributed by atoms with Crippen LogP contribution in [0.2, 0.25) is 5.15 Å². The van der Waals surface area contributed by atoms with E-state index in [0.717, 1.165) is 0 Å². The number of anilines is 1. The van der Waals surface area contributed by atoms with E-state index in [4.69, 9.17) is 17.3 Å². The number of nitrogens with zero attached hydrogens (tertiary/aromatic N) is 1. The highest BCUT2D eigenvalue weighted by Crippen LogP contribution is 2.29. The molecule has 3 nitrogen and oxygen atoms in total. The van der Waals surface area contributed by atoms with E-state index in [1.54, 1.807) is 0 Å². The number of nitrogen functional groups attached to an aromatic ring is 1. The maximum absolute atomic E-state index is 12.8. The second-order valence-corrected chi connectivity index (χ2v) is 2.56. The first kappa shape index (κ1) is 10.8. The molecule has 2 N–H and O–H groups in total. The van der Waals surface area contributed by atoms with Gasteiger partial charge in [0.25, 0.3) is 0 Å². The van der Waals surface area contributed by atoms with Crippen molar-refractivity contribution in [2.45, 2.75) is 6.36 Å². The topological polar surface area (TPSA) is 48.1 Å². The summed E-state index contributed by atoms with van der Waals surface area (Å²) < 4.78 is 51.2. The van der Waals surface area contributed by atoms with Crippen LogP contribution < -0.4 is 10.5 Å². The Balaban J connectivity index is 3.09. The number of rotatable bonds is 1. The van der Waals surface area contributed by atoms with Crippen LogP contribution in [0.25, 0.3) is 0 Å². The van der Waals surface area contributed by atoms with Crippen molar-refractivity contribution in [1.82, 2.24) is 4.98 Å². The van der Waals surface area contributed by atoms with Crippen molar-refractivity contribution in [3.63, 3.8) is 0 Å². The van der Waals surface area contributed by atoms with Crippen LogP contribution in [0.15, 0.2) is 6.07 Å². The number of ether oxygens (including phenoxy) is 1. The second kappa shape index (κ2) is 3.49. The van der Waals surface area contributed by atoms with Crippen molar-refractivity contribution in [3.05, 3.63) is 17.0 Å². The lowest BCUT2D eigenvalue weighted by Crippen LogP contribution is -2.18. The highest BCUT2D eigenvalue weighted by atomic mass is 35.5. The highest BCUT2D eigenvalue weighted by Gasteiger charge is 2.33. The Hall–Kier alpha value is -1.24. The Morgan fingerprint density at radius 2 is 2.00 bits per heavy atom. The van der Waals surface area contributed by atoms with Gasteiger partial charge in [0.2, 0.25) is 5.82 Å². The molecule has 0 fully saturated rings. The van der Waals surface area contributed by atoms with Crippen molar-refractivity contribution in [2.24, 2.45) is 0 Å². The molecule has 1 aromatic rings. The molecule has 8 heteroatoms. The average Bonchev–Trinajstić information content (AvgIpc) is 1.96. The van der Waals surface area contributed by atoms with Crippen LogP contribution in [-0.4, -0.2) is 11.3 Å². The van der Waals surface area contributed by atoms with Gasteiger partial charge in [0.05, 0.1) is 0 Å². The van der Waals surface area contributed by atoms with Gasteiger partial charge in [-0.15, -0.1) is 13.2 Å². The zero-order chi connectivity index (χ0) is 10.9. The van der Waals surface area contributed by atoms with Crippen LogP contribution in [0.5, 0.6) is 5.75 Å². The van der Waals surface area contributed by atoms with Crippen molar-refractivity contribution in [2.75, 3.05) is 5.73 Å². The van der Waals surface area contributed by atoms with E-state index < -0.39 is 23.1 Å². The number of hydrogen-bond donors (Lipinski definition) is 1. The third kappa shape index (κ3) is 2.63. The Labute approximate surface area is 80.4 Å². The van der Waals surface area contributed by atoms with Crippen molar-refractivity contribution in [3.8, 4) is 5.75 Å². The smallest absolute Gasteiger partial charge is 0.402 e. The van der Waals surface area contributed by atoms with Gasteiger partial charge in [0.1, 0.15) is 5.82 Å². The first-order valence-corrected chi connectivity index (χ1v) is 3.54. The summed E-state index contributed by atoms with van der Waals surface area (Å²) in [5, 5.41) is -0.774. The molecule has 0 radical (unpaired) electrons. The van der Waals surface area contributed by atoms with E-state index >= 15 is 0 Å². The normalized spacial score (nSPS) is 11.5. The molecule has 14 heavy (non-hydrogen) atoms. The summed E-state index contributed by atoms with van der Waals surface area (Å²) in [7, 11) is 0. The van der Waals surface area contributed by atoms with Crippen LogP contribution in [0, 0.1) is 5.82 Å². The van der Waals surface area contributed by atoms with Crippen molar-refractivity contribution < 1.29 is 22.3 Å². The minimum Gasteiger partial charge on any atom is -0.402 e. The average molecular weight is 231 g/mol. The number of pyridine rings is 1. The molecule has 78 valence electrons. The first-order chi connectivity index (χ1) is 6.29. The maximum atomic E-state index is 12.8. The number of hydrogen-bond acceptors (Lipinski definition) is 3. The lowest BCUT2D eigenvalue weighted by molar-refractivity contribution is -0.275. The zero-order valence-electron chi connectivity index (χ0n) is 6.40. The van der Waals surface area contributed by atoms with Crippen LogP contribution in [0.4, 0.5) is 23.4 Å². The minimum absolute atomic E-state index is 0.365. The summed E-state index contributed by atoms with van der Waals surface area (Å²) in [5.41, 5.74) is 5.04. The summed E-state index contributed by atoms with van der Waals surface area (Å²) in [6.45, 7) is 0. The minimum atomic E-state index is -5.00. The predicted octanol–water partition coefficient (Wildman–Crippen LogP) is 2.35. The quantitative estimate of drug-likeness (QED) is 0.595. The SMILES string of the molecule is Nc1cc(OC(F)(F)F)c(F)c(Cl)n1. The Kier molecular flexibility index (Phi) is 2.70. The third-order valence-electron chi connectivity index (χ3n) is 1.13. The van der Waals surface area contributed by atoms with E-state index in [2.05, 4.69) is 9.72 Å². The summed E-state index contributed by atoms with van der Waals surface area (Å²) in [6.07, 6.45) is -5.00. The fraction of sp³-hybridized carbons (Fsp3) is 0.167. The monoisotopic (exact) mass is 230 g/mol. The van der Waals surface area contributed by atoms with Crippen LogP contribution in [-0.2, 0) is 0 Å². The molecule has 0 atom stereocenters. The molecule has 0 saturated carbocycles. The molecule has 0 bridgehead atoms. The summed E-state index contributed by atoms with van der Waals surface area (Å²) in [5.74, 6) is -2.87. The third-order valence-corrected chi connectivity index (χ3v) is 1.38. The maximum Gasteiger partial charge on any atom is 0.573 e. The Morgan fingerprint density at radius 1 is 1.43 bits per heavy atom. The molecule has 0 unspecified atom stereocenters. The molecule has 0 aliphatic heterocycles. The van der Waals surface area contributed by atoms with Gasteiger partial charge in [0.15, 0.2) is 10.9 Å². The Morgan fingerprint density at radius 3 is 2.50 bits per heavy atom. The second-order valence-electron chi connectivity index (χ2n) is 2.20. The predicted molar refractivity (Wildman–Crippen MR) is 40.3 cm³/mol. The molecule has 1 heterocycles. The van der Waals surface area contributed by atoms with E-state index in [-0.39, 0.29) is 5.82 Å². The summed E-state index contributed by atoms with van der Waals surface area (Å²) in [6, 6.07) is 0.592. The molecular formula is C6H3ClF4N2O. The van der Waals surface area contributed by atoms with Gasteiger partial charge < -0.3 is 10.5 Å². The highest BCUT2D eigenvalue weighted by molar-refractivity contribution is 6.29. The molecule has 1 aromatic heterocycles. The van der Waals surface area contributed by atoms with Gasteiger partial charge in [-0.25, -0.2) is 4.98 Å². The van der Waals surface area contributed by atoms with Crippen LogP contribution in [0.3, 0.4) is 0 Å². The van der Waals surface area contributed by atoms with Gasteiger partial charge >= 0.3 is 6.36 Å². The number of alkyl halides is 3. The zero-order valence-corrected chi connectivity index (χ0v) is 7.16. The summed E-state index contributed by atoms with van der Waals surface area (Å²) in [4.78, 5) is 3.18. The van der Waals surface area contributed by atoms with E-state index in [1.807, 2.05) is 0 Å². The van der Waals surface area contributed by atoms with E-state index in [0.29, 0.717) is 6.07 Å². The molecule has 0 aliphatic carbocycles. The molecular weight excluding hydrogens is 228 g/mol. The standard InChI is InChI=1S/C6H3ClF4N2O/c7-5-4(8)2(1-3(12)13-5)14-6(9,10)11/h1H,(H2,12,13). The lowest BCUT2D eigenvalue weighted by atomic mass is 10.4. The first-order valence-electron chi connectivity index (χ1n) is 3.17. The Bertz CT molecular complexity index is 354.